The van der Waals surface area contributed by atoms with Crippen molar-refractivity contribution >= 4 is 55.8 Å². The Bertz CT molecular complexity index is 1030. The molecule has 0 fully saturated rings. The molecule has 0 unspecified atom stereocenters. The lowest BCUT2D eigenvalue weighted by molar-refractivity contribution is 0.0951. The van der Waals surface area contributed by atoms with Gasteiger partial charge in [0.2, 0.25) is 0 Å². The number of halogens is 4. The zero-order valence-electron chi connectivity index (χ0n) is 14.7. The lowest BCUT2D eigenvalue weighted by atomic mass is 10.1. The van der Waals surface area contributed by atoms with Gasteiger partial charge < -0.3 is 10.6 Å². The molecule has 0 spiro atoms. The van der Waals surface area contributed by atoms with Crippen LogP contribution in [0.5, 0.6) is 0 Å². The van der Waals surface area contributed by atoms with Crippen LogP contribution >= 0.6 is 38.5 Å². The standard InChI is InChI=1S/C20H15BrF2IN3O/c1-11-8-13(24)2-3-16(11)27-19-14(9-15(21)17(22)18(19)23)20(28)26-10-12-4-6-25-7-5-12/h2-9,27H,10H2,1H3,(H,26,28). The molecule has 4 nitrogen and oxygen atoms in total. The topological polar surface area (TPSA) is 54.0 Å². The molecule has 2 aromatic carbocycles. The van der Waals surface area contributed by atoms with Crippen molar-refractivity contribution in [3.63, 3.8) is 0 Å². The number of amides is 1. The highest BCUT2D eigenvalue weighted by Crippen LogP contribution is 2.32. The first-order valence-electron chi connectivity index (χ1n) is 8.24. The van der Waals surface area contributed by atoms with Gasteiger partial charge in [-0.15, -0.1) is 0 Å². The summed E-state index contributed by atoms with van der Waals surface area (Å²) < 4.78 is 29.7. The molecule has 0 saturated carbocycles. The molecule has 144 valence electrons. The van der Waals surface area contributed by atoms with Crippen LogP contribution in [-0.4, -0.2) is 10.9 Å². The van der Waals surface area contributed by atoms with E-state index in [0.29, 0.717) is 5.69 Å². The van der Waals surface area contributed by atoms with Crippen LogP contribution in [0.25, 0.3) is 0 Å². The summed E-state index contributed by atoms with van der Waals surface area (Å²) >= 11 is 5.14. The smallest absolute Gasteiger partial charge is 0.253 e. The number of nitrogens with one attached hydrogen (secondary N) is 2. The molecule has 1 amide bonds. The molecule has 3 aromatic rings. The third-order valence-electron chi connectivity index (χ3n) is 4.06. The predicted octanol–water partition coefficient (Wildman–Crippen LogP) is 5.71. The van der Waals surface area contributed by atoms with Crippen LogP contribution in [0.3, 0.4) is 0 Å². The van der Waals surface area contributed by atoms with Gasteiger partial charge in [-0.2, -0.15) is 0 Å². The molecular weight excluding hydrogens is 543 g/mol. The van der Waals surface area contributed by atoms with Gasteiger partial charge in [0.25, 0.3) is 5.91 Å². The van der Waals surface area contributed by atoms with E-state index < -0.39 is 17.5 Å². The maximum atomic E-state index is 14.7. The Labute approximate surface area is 183 Å². The maximum absolute atomic E-state index is 14.7. The Hall–Kier alpha value is -2.07. The average molecular weight is 558 g/mol. The van der Waals surface area contributed by atoms with Crippen LogP contribution in [-0.2, 0) is 6.54 Å². The van der Waals surface area contributed by atoms with Crippen LogP contribution in [0.15, 0.2) is 53.3 Å². The number of hydrogen-bond donors (Lipinski definition) is 2. The van der Waals surface area contributed by atoms with Gasteiger partial charge >= 0.3 is 0 Å². The van der Waals surface area contributed by atoms with Gasteiger partial charge in [-0.05, 0) is 93.0 Å². The summed E-state index contributed by atoms with van der Waals surface area (Å²) in [4.78, 5) is 16.6. The highest BCUT2D eigenvalue weighted by Gasteiger charge is 2.22. The van der Waals surface area contributed by atoms with Gasteiger partial charge in [0.1, 0.15) is 0 Å². The molecule has 0 radical (unpaired) electrons. The van der Waals surface area contributed by atoms with Crippen molar-refractivity contribution in [2.45, 2.75) is 13.5 Å². The largest absolute Gasteiger partial charge is 0.352 e. The van der Waals surface area contributed by atoms with Gasteiger partial charge in [0.15, 0.2) is 11.6 Å². The minimum atomic E-state index is -1.12. The molecule has 1 heterocycles. The molecule has 28 heavy (non-hydrogen) atoms. The first-order chi connectivity index (χ1) is 13.4. The van der Waals surface area contributed by atoms with Crippen LogP contribution in [0.4, 0.5) is 20.2 Å². The number of hydrogen-bond acceptors (Lipinski definition) is 3. The van der Waals surface area contributed by atoms with Crippen molar-refractivity contribution in [3.8, 4) is 0 Å². The lowest BCUT2D eigenvalue weighted by Gasteiger charge is -2.16. The monoisotopic (exact) mass is 557 g/mol. The first-order valence-corrected chi connectivity index (χ1v) is 10.1. The number of carbonyl (C=O) groups is 1. The highest BCUT2D eigenvalue weighted by atomic mass is 127. The summed E-state index contributed by atoms with van der Waals surface area (Å²) in [6.45, 7) is 2.08. The molecule has 1 aromatic heterocycles. The molecule has 0 saturated heterocycles. The van der Waals surface area contributed by atoms with Crippen molar-refractivity contribution in [1.82, 2.24) is 10.3 Å². The van der Waals surface area contributed by atoms with E-state index in [-0.39, 0.29) is 22.3 Å². The normalized spacial score (nSPS) is 10.6. The lowest BCUT2D eigenvalue weighted by Crippen LogP contribution is -2.24. The summed E-state index contributed by atoms with van der Waals surface area (Å²) in [7, 11) is 0. The van der Waals surface area contributed by atoms with Crippen molar-refractivity contribution in [1.29, 1.82) is 0 Å². The van der Waals surface area contributed by atoms with Gasteiger partial charge in [-0.1, -0.05) is 0 Å². The van der Waals surface area contributed by atoms with E-state index in [4.69, 9.17) is 0 Å². The molecule has 0 bridgehead atoms. The summed E-state index contributed by atoms with van der Waals surface area (Å²) in [5, 5.41) is 5.59. The van der Waals surface area contributed by atoms with Crippen LogP contribution < -0.4 is 10.6 Å². The number of aryl methyl sites for hydroxylation is 1. The zero-order chi connectivity index (χ0) is 20.3. The second-order valence-electron chi connectivity index (χ2n) is 6.03. The second-order valence-corrected chi connectivity index (χ2v) is 8.13. The second kappa shape index (κ2) is 8.95. The van der Waals surface area contributed by atoms with Gasteiger partial charge in [-0.25, -0.2) is 8.78 Å². The van der Waals surface area contributed by atoms with Crippen molar-refractivity contribution in [2.75, 3.05) is 5.32 Å². The summed E-state index contributed by atoms with van der Waals surface area (Å²) in [6.07, 6.45) is 3.23. The fourth-order valence-electron chi connectivity index (χ4n) is 2.58. The SMILES string of the molecule is Cc1cc(I)ccc1Nc1c(C(=O)NCc2ccncc2)cc(Br)c(F)c1F. The van der Waals surface area contributed by atoms with E-state index in [1.54, 1.807) is 30.6 Å². The molecule has 0 aliphatic carbocycles. The fourth-order valence-corrected chi connectivity index (χ4v) is 3.63. The van der Waals surface area contributed by atoms with E-state index >= 15 is 0 Å². The third-order valence-corrected chi connectivity index (χ3v) is 5.31. The molecule has 0 atom stereocenters. The number of pyridine rings is 1. The molecule has 8 heteroatoms. The Balaban J connectivity index is 1.94. The number of aromatic nitrogens is 1. The maximum Gasteiger partial charge on any atom is 0.253 e. The van der Waals surface area contributed by atoms with E-state index in [2.05, 4.69) is 54.1 Å². The Kier molecular flexibility index (Phi) is 6.61. The number of carbonyl (C=O) groups excluding carboxylic acids is 1. The number of rotatable bonds is 5. The van der Waals surface area contributed by atoms with E-state index in [0.717, 1.165) is 14.7 Å². The van der Waals surface area contributed by atoms with Gasteiger partial charge in [-0.3, -0.25) is 9.78 Å². The first kappa shape index (κ1) is 20.7. The van der Waals surface area contributed by atoms with Crippen molar-refractivity contribution < 1.29 is 13.6 Å². The Morgan fingerprint density at radius 2 is 1.86 bits per heavy atom. The Morgan fingerprint density at radius 1 is 1.14 bits per heavy atom. The van der Waals surface area contributed by atoms with Crippen LogP contribution in [0, 0.1) is 22.1 Å². The van der Waals surface area contributed by atoms with Crippen molar-refractivity contribution in [3.05, 3.63) is 85.2 Å². The molecule has 3 rings (SSSR count). The van der Waals surface area contributed by atoms with E-state index in [1.165, 1.54) is 6.07 Å². The van der Waals surface area contributed by atoms with Crippen LogP contribution in [0.2, 0.25) is 0 Å². The van der Waals surface area contributed by atoms with E-state index in [1.807, 2.05) is 19.1 Å². The minimum absolute atomic E-state index is 0.00205. The van der Waals surface area contributed by atoms with E-state index in [9.17, 15) is 13.6 Å². The van der Waals surface area contributed by atoms with Gasteiger partial charge in [0, 0.05) is 28.2 Å². The number of anilines is 2. The minimum Gasteiger partial charge on any atom is -0.352 e. The number of benzene rings is 2. The summed E-state index contributed by atoms with van der Waals surface area (Å²) in [5.74, 6) is -2.71. The quantitative estimate of drug-likeness (QED) is 0.312. The van der Waals surface area contributed by atoms with Gasteiger partial charge in [0.05, 0.1) is 15.7 Å². The third kappa shape index (κ3) is 4.67. The summed E-state index contributed by atoms with van der Waals surface area (Å²) in [6, 6.07) is 10.3. The average Bonchev–Trinajstić information content (AvgIpc) is 2.68. The molecule has 0 aliphatic rings. The molecule has 0 aliphatic heterocycles. The fraction of sp³-hybridized carbons (Fsp3) is 0.100. The summed E-state index contributed by atoms with van der Waals surface area (Å²) in [5.41, 5.74) is 2.06. The predicted molar refractivity (Wildman–Crippen MR) is 117 cm³/mol. The zero-order valence-corrected chi connectivity index (χ0v) is 18.4. The molecular formula is C20H15BrF2IN3O. The Morgan fingerprint density at radius 3 is 2.54 bits per heavy atom. The highest BCUT2D eigenvalue weighted by molar-refractivity contribution is 14.1. The molecule has 2 N–H and O–H groups in total. The number of nitrogens with zero attached hydrogens (tertiary/aromatic N) is 1. The van der Waals surface area contributed by atoms with Crippen LogP contribution in [0.1, 0.15) is 21.5 Å². The van der Waals surface area contributed by atoms with Crippen molar-refractivity contribution in [2.24, 2.45) is 0 Å².